The van der Waals surface area contributed by atoms with Crippen molar-refractivity contribution in [1.29, 1.82) is 0 Å². The zero-order chi connectivity index (χ0) is 21.4. The number of nitrogens with one attached hydrogen (secondary N) is 1. The molecule has 0 radical (unpaired) electrons. The molecule has 0 saturated heterocycles. The maximum atomic E-state index is 13.0. The molecule has 0 fully saturated rings. The van der Waals surface area contributed by atoms with E-state index in [-0.39, 0.29) is 18.4 Å². The normalized spacial score (nSPS) is 11.8. The van der Waals surface area contributed by atoms with Gasteiger partial charge in [-0.25, -0.2) is 0 Å². The van der Waals surface area contributed by atoms with Gasteiger partial charge in [0.2, 0.25) is 5.91 Å². The van der Waals surface area contributed by atoms with Crippen molar-refractivity contribution in [2.45, 2.75) is 52.6 Å². The minimum absolute atomic E-state index is 0.111. The fourth-order valence-electron chi connectivity index (χ4n) is 3.23. The van der Waals surface area contributed by atoms with Crippen LogP contribution in [-0.4, -0.2) is 36.4 Å². The fourth-order valence-corrected chi connectivity index (χ4v) is 3.23. The number of hydrogen-bond donors (Lipinski definition) is 1. The predicted molar refractivity (Wildman–Crippen MR) is 116 cm³/mol. The predicted octanol–water partition coefficient (Wildman–Crippen LogP) is 4.05. The van der Waals surface area contributed by atoms with Crippen molar-refractivity contribution >= 4 is 11.8 Å². The summed E-state index contributed by atoms with van der Waals surface area (Å²) in [5, 5.41) is 2.67. The van der Waals surface area contributed by atoms with Gasteiger partial charge in [0.15, 0.2) is 6.61 Å². The number of carbonyl (C=O) groups excluding carboxylic acids is 2. The second-order valence-corrected chi connectivity index (χ2v) is 7.50. The average Bonchev–Trinajstić information content (AvgIpc) is 2.73. The Hall–Kier alpha value is -2.82. The molecule has 0 aliphatic carbocycles. The van der Waals surface area contributed by atoms with Gasteiger partial charge in [0.25, 0.3) is 5.91 Å². The van der Waals surface area contributed by atoms with Crippen molar-refractivity contribution in [3.8, 4) is 5.75 Å². The van der Waals surface area contributed by atoms with E-state index in [9.17, 15) is 9.59 Å². The summed E-state index contributed by atoms with van der Waals surface area (Å²) in [5.41, 5.74) is 3.32. The fraction of sp³-hybridized carbons (Fsp3) is 0.417. The second-order valence-electron chi connectivity index (χ2n) is 7.50. The van der Waals surface area contributed by atoms with Gasteiger partial charge in [0.05, 0.1) is 0 Å². The van der Waals surface area contributed by atoms with Crippen LogP contribution in [0.2, 0.25) is 0 Å². The Morgan fingerprint density at radius 1 is 1.07 bits per heavy atom. The second kappa shape index (κ2) is 10.6. The molecule has 1 atom stereocenters. The first-order chi connectivity index (χ1) is 13.9. The van der Waals surface area contributed by atoms with Gasteiger partial charge in [-0.15, -0.1) is 0 Å². The van der Waals surface area contributed by atoms with E-state index in [4.69, 9.17) is 4.74 Å². The molecule has 156 valence electrons. The highest BCUT2D eigenvalue weighted by Gasteiger charge is 2.28. The molecular weight excluding hydrogens is 364 g/mol. The highest BCUT2D eigenvalue weighted by atomic mass is 16.5. The molecule has 5 heteroatoms. The molecule has 0 bridgehead atoms. The van der Waals surface area contributed by atoms with Gasteiger partial charge in [0, 0.05) is 13.6 Å². The van der Waals surface area contributed by atoms with Gasteiger partial charge in [-0.2, -0.15) is 0 Å². The molecule has 0 aromatic heterocycles. The van der Waals surface area contributed by atoms with E-state index >= 15 is 0 Å². The molecule has 2 aromatic rings. The molecule has 29 heavy (non-hydrogen) atoms. The molecule has 0 aliphatic heterocycles. The van der Waals surface area contributed by atoms with E-state index < -0.39 is 6.04 Å². The number of nitrogens with zero attached hydrogens (tertiary/aromatic N) is 1. The molecule has 0 heterocycles. The lowest BCUT2D eigenvalue weighted by atomic mass is 10.0. The number of aryl methyl sites for hydroxylation is 1. The summed E-state index contributed by atoms with van der Waals surface area (Å²) in [6.45, 7) is 8.43. The summed E-state index contributed by atoms with van der Waals surface area (Å²) in [7, 11) is 1.59. The van der Waals surface area contributed by atoms with Gasteiger partial charge in [-0.3, -0.25) is 9.59 Å². The first-order valence-electron chi connectivity index (χ1n) is 10.2. The van der Waals surface area contributed by atoms with Crippen molar-refractivity contribution in [1.82, 2.24) is 10.2 Å². The quantitative estimate of drug-likeness (QED) is 0.696. The summed E-state index contributed by atoms with van der Waals surface area (Å²) in [4.78, 5) is 27.1. The Kier molecular flexibility index (Phi) is 8.25. The van der Waals surface area contributed by atoms with E-state index in [1.165, 1.54) is 5.56 Å². The zero-order valence-electron chi connectivity index (χ0n) is 18.1. The van der Waals surface area contributed by atoms with Crippen LogP contribution in [0.4, 0.5) is 0 Å². The molecule has 1 N–H and O–H groups in total. The van der Waals surface area contributed by atoms with Crippen LogP contribution in [0, 0.1) is 6.92 Å². The smallest absolute Gasteiger partial charge is 0.261 e. The lowest BCUT2D eigenvalue weighted by Gasteiger charge is -2.30. The third-order valence-electron chi connectivity index (χ3n) is 5.14. The minimum atomic E-state index is -0.543. The highest BCUT2D eigenvalue weighted by Crippen LogP contribution is 2.19. The number of hydrogen-bond acceptors (Lipinski definition) is 3. The number of likely N-dealkylation sites (N-methyl/N-ethyl adjacent to an activating group) is 1. The van der Waals surface area contributed by atoms with Crippen molar-refractivity contribution in [3.63, 3.8) is 0 Å². The maximum absolute atomic E-state index is 13.0. The van der Waals surface area contributed by atoms with Gasteiger partial charge < -0.3 is 15.0 Å². The van der Waals surface area contributed by atoms with Crippen LogP contribution in [0.25, 0.3) is 0 Å². The first kappa shape index (κ1) is 22.5. The van der Waals surface area contributed by atoms with E-state index in [0.717, 1.165) is 11.1 Å². The van der Waals surface area contributed by atoms with Crippen LogP contribution in [0.15, 0.2) is 48.5 Å². The zero-order valence-corrected chi connectivity index (χ0v) is 18.1. The lowest BCUT2D eigenvalue weighted by molar-refractivity contribution is -0.142. The van der Waals surface area contributed by atoms with Gasteiger partial charge in [0.1, 0.15) is 11.8 Å². The Balaban J connectivity index is 2.16. The van der Waals surface area contributed by atoms with Gasteiger partial charge in [-0.1, -0.05) is 57.2 Å². The molecule has 5 nitrogen and oxygen atoms in total. The standard InChI is InChI=1S/C24H32N2O3/c1-6-22(24(28)25-5)26(15-20-10-8-7-9-18(20)4)23(27)16-29-21-13-11-19(12-14-21)17(2)3/h7-14,17,22H,6,15-16H2,1-5H3,(H,25,28)/t22-/m0/s1. The molecule has 2 amide bonds. The van der Waals surface area contributed by atoms with Crippen molar-refractivity contribution in [3.05, 3.63) is 65.2 Å². The topological polar surface area (TPSA) is 58.6 Å². The average molecular weight is 397 g/mol. The maximum Gasteiger partial charge on any atom is 0.261 e. The van der Waals surface area contributed by atoms with E-state index in [1.807, 2.05) is 62.4 Å². The number of rotatable bonds is 9. The lowest BCUT2D eigenvalue weighted by Crippen LogP contribution is -2.49. The molecule has 0 unspecified atom stereocenters. The number of benzene rings is 2. The summed E-state index contributed by atoms with van der Waals surface area (Å²) < 4.78 is 5.74. The van der Waals surface area contributed by atoms with E-state index in [1.54, 1.807) is 11.9 Å². The Labute approximate surface area is 174 Å². The molecule has 2 aromatic carbocycles. The molecule has 0 aliphatic rings. The minimum Gasteiger partial charge on any atom is -0.484 e. The van der Waals surface area contributed by atoms with Crippen LogP contribution >= 0.6 is 0 Å². The van der Waals surface area contributed by atoms with Crippen molar-refractivity contribution < 1.29 is 14.3 Å². The Morgan fingerprint density at radius 3 is 2.28 bits per heavy atom. The monoisotopic (exact) mass is 396 g/mol. The Morgan fingerprint density at radius 2 is 1.72 bits per heavy atom. The summed E-state index contributed by atoms with van der Waals surface area (Å²) in [6.07, 6.45) is 0.528. The van der Waals surface area contributed by atoms with Crippen LogP contribution in [0.3, 0.4) is 0 Å². The van der Waals surface area contributed by atoms with Crippen LogP contribution < -0.4 is 10.1 Å². The van der Waals surface area contributed by atoms with Crippen molar-refractivity contribution in [2.24, 2.45) is 0 Å². The summed E-state index contributed by atoms with van der Waals surface area (Å²) in [6, 6.07) is 15.1. The third kappa shape index (κ3) is 6.08. The van der Waals surface area contributed by atoms with E-state index in [0.29, 0.717) is 24.6 Å². The molecular formula is C24H32N2O3. The van der Waals surface area contributed by atoms with Crippen LogP contribution in [0.1, 0.15) is 49.8 Å². The number of carbonyl (C=O) groups is 2. The largest absolute Gasteiger partial charge is 0.484 e. The summed E-state index contributed by atoms with van der Waals surface area (Å²) in [5.74, 6) is 0.701. The van der Waals surface area contributed by atoms with Gasteiger partial charge >= 0.3 is 0 Å². The number of ether oxygens (including phenoxy) is 1. The van der Waals surface area contributed by atoms with E-state index in [2.05, 4.69) is 19.2 Å². The molecule has 2 rings (SSSR count). The Bertz CT molecular complexity index is 815. The SMILES string of the molecule is CC[C@@H](C(=O)NC)N(Cc1ccccc1C)C(=O)COc1ccc(C(C)C)cc1. The van der Waals surface area contributed by atoms with Crippen LogP contribution in [0.5, 0.6) is 5.75 Å². The summed E-state index contributed by atoms with van der Waals surface area (Å²) >= 11 is 0. The van der Waals surface area contributed by atoms with Crippen molar-refractivity contribution in [2.75, 3.05) is 13.7 Å². The highest BCUT2D eigenvalue weighted by molar-refractivity contribution is 5.88. The van der Waals surface area contributed by atoms with Gasteiger partial charge in [-0.05, 0) is 48.1 Å². The number of amides is 2. The third-order valence-corrected chi connectivity index (χ3v) is 5.14. The first-order valence-corrected chi connectivity index (χ1v) is 10.2. The van der Waals surface area contributed by atoms with Crippen LogP contribution in [-0.2, 0) is 16.1 Å². The molecule has 0 spiro atoms. The molecule has 0 saturated carbocycles.